The second-order valence-corrected chi connectivity index (χ2v) is 9.19. The van der Waals surface area contributed by atoms with E-state index in [-0.39, 0.29) is 30.6 Å². The topological polar surface area (TPSA) is 73.5 Å². The second kappa shape index (κ2) is 9.73. The average molecular weight is 456 g/mol. The second-order valence-electron chi connectivity index (χ2n) is 8.27. The summed E-state index contributed by atoms with van der Waals surface area (Å²) in [6.07, 6.45) is 5.47. The molecule has 0 aliphatic heterocycles. The van der Waals surface area contributed by atoms with Gasteiger partial charge in [-0.15, -0.1) is 11.3 Å². The minimum atomic E-state index is -0.465. The summed E-state index contributed by atoms with van der Waals surface area (Å²) in [6, 6.07) is 9.35. The molecule has 1 amide bonds. The van der Waals surface area contributed by atoms with E-state index in [2.05, 4.69) is 0 Å². The van der Waals surface area contributed by atoms with E-state index >= 15 is 0 Å². The first-order chi connectivity index (χ1) is 15.5. The van der Waals surface area contributed by atoms with Gasteiger partial charge in [-0.05, 0) is 48.9 Å². The molecule has 1 aliphatic rings. The highest BCUT2D eigenvalue weighted by Gasteiger charge is 2.24. The third kappa shape index (κ3) is 4.50. The lowest BCUT2D eigenvalue weighted by molar-refractivity contribution is -0.133. The normalized spacial score (nSPS) is 14.6. The van der Waals surface area contributed by atoms with Crippen LogP contribution < -0.4 is 16.0 Å². The molecule has 7 nitrogen and oxygen atoms in total. The molecule has 1 saturated carbocycles. The minimum Gasteiger partial charge on any atom is -0.494 e. The van der Waals surface area contributed by atoms with Crippen molar-refractivity contribution < 1.29 is 9.53 Å². The number of aromatic nitrogens is 2. The summed E-state index contributed by atoms with van der Waals surface area (Å²) >= 11 is 1.29. The molecule has 32 heavy (non-hydrogen) atoms. The number of hydrogen-bond donors (Lipinski definition) is 0. The van der Waals surface area contributed by atoms with Crippen molar-refractivity contribution in [3.05, 3.63) is 62.1 Å². The summed E-state index contributed by atoms with van der Waals surface area (Å²) in [5.74, 6) is 0.593. The lowest BCUT2D eigenvalue weighted by atomic mass is 9.94. The van der Waals surface area contributed by atoms with Crippen LogP contribution in [0.4, 0.5) is 0 Å². The molecule has 2 heterocycles. The first-order valence-corrected chi connectivity index (χ1v) is 12.1. The number of thiophene rings is 1. The molecule has 0 N–H and O–H groups in total. The van der Waals surface area contributed by atoms with Crippen LogP contribution in [0.2, 0.25) is 0 Å². The number of carbonyl (C=O) groups excluding carboxylic acids is 1. The first-order valence-electron chi connectivity index (χ1n) is 11.2. The molecule has 3 aromatic rings. The van der Waals surface area contributed by atoms with Crippen molar-refractivity contribution in [2.24, 2.45) is 0 Å². The van der Waals surface area contributed by atoms with Crippen LogP contribution in [0, 0.1) is 0 Å². The maximum atomic E-state index is 13.4. The minimum absolute atomic E-state index is 0.0711. The Hall–Kier alpha value is -2.87. The zero-order valence-electron chi connectivity index (χ0n) is 18.6. The standard InChI is InChI=1S/C24H29N3O4S/c1-3-31-19-11-7-8-17(14-19)15-27-23(29)22-20(12-13-32-22)26(24(27)30)16-21(28)25(2)18-9-5-4-6-10-18/h7-8,11-14,18H,3-6,9-10,15-16H2,1-2H3. The number of likely N-dealkylation sites (N-methyl/N-ethyl adjacent to an activating group) is 1. The van der Waals surface area contributed by atoms with Crippen molar-refractivity contribution in [1.82, 2.24) is 14.0 Å². The molecule has 0 spiro atoms. The molecule has 170 valence electrons. The van der Waals surface area contributed by atoms with Gasteiger partial charge < -0.3 is 9.64 Å². The van der Waals surface area contributed by atoms with E-state index in [4.69, 9.17) is 4.74 Å². The van der Waals surface area contributed by atoms with Crippen molar-refractivity contribution in [3.63, 3.8) is 0 Å². The first kappa shape index (κ1) is 22.3. The predicted octanol–water partition coefficient (Wildman–Crippen LogP) is 3.46. The molecule has 0 unspecified atom stereocenters. The van der Waals surface area contributed by atoms with Crippen LogP contribution in [0.5, 0.6) is 5.75 Å². The molecule has 8 heteroatoms. The lowest BCUT2D eigenvalue weighted by Gasteiger charge is -2.31. The fourth-order valence-electron chi connectivity index (χ4n) is 4.43. The molecule has 1 aliphatic carbocycles. The Labute approximate surface area is 190 Å². The van der Waals surface area contributed by atoms with E-state index in [1.807, 2.05) is 38.2 Å². The van der Waals surface area contributed by atoms with Gasteiger partial charge in [-0.25, -0.2) is 4.79 Å². The smallest absolute Gasteiger partial charge is 0.332 e. The van der Waals surface area contributed by atoms with Crippen molar-refractivity contribution in [3.8, 4) is 5.75 Å². The van der Waals surface area contributed by atoms with Gasteiger partial charge in [0.05, 0.1) is 18.7 Å². The summed E-state index contributed by atoms with van der Waals surface area (Å²) in [5.41, 5.74) is 0.525. The van der Waals surface area contributed by atoms with E-state index in [1.54, 1.807) is 16.3 Å². The quantitative estimate of drug-likeness (QED) is 0.547. The molecular weight excluding hydrogens is 426 g/mol. The third-order valence-corrected chi connectivity index (χ3v) is 7.09. The Morgan fingerprint density at radius 2 is 1.94 bits per heavy atom. The molecule has 0 bridgehead atoms. The van der Waals surface area contributed by atoms with Gasteiger partial charge in [0.15, 0.2) is 0 Å². The Kier molecular flexibility index (Phi) is 6.79. The highest BCUT2D eigenvalue weighted by atomic mass is 32.1. The van der Waals surface area contributed by atoms with E-state index in [0.717, 1.165) is 31.2 Å². The fourth-order valence-corrected chi connectivity index (χ4v) is 5.27. The monoisotopic (exact) mass is 455 g/mol. The predicted molar refractivity (Wildman–Crippen MR) is 127 cm³/mol. The van der Waals surface area contributed by atoms with Crippen LogP contribution in [0.1, 0.15) is 44.6 Å². The molecule has 0 radical (unpaired) electrons. The van der Waals surface area contributed by atoms with Gasteiger partial charge in [0.2, 0.25) is 5.91 Å². The highest BCUT2D eigenvalue weighted by Crippen LogP contribution is 2.22. The average Bonchev–Trinajstić information content (AvgIpc) is 3.30. The molecule has 0 atom stereocenters. The molecule has 4 rings (SSSR count). The Morgan fingerprint density at radius 3 is 2.69 bits per heavy atom. The van der Waals surface area contributed by atoms with Crippen LogP contribution in [-0.2, 0) is 17.9 Å². The lowest BCUT2D eigenvalue weighted by Crippen LogP contribution is -2.45. The van der Waals surface area contributed by atoms with Gasteiger partial charge in [-0.2, -0.15) is 0 Å². The maximum Gasteiger partial charge on any atom is 0.332 e. The van der Waals surface area contributed by atoms with Gasteiger partial charge in [0.25, 0.3) is 5.56 Å². The summed E-state index contributed by atoms with van der Waals surface area (Å²) in [7, 11) is 1.82. The van der Waals surface area contributed by atoms with Crippen molar-refractivity contribution in [2.45, 2.75) is 58.2 Å². The zero-order chi connectivity index (χ0) is 22.7. The highest BCUT2D eigenvalue weighted by molar-refractivity contribution is 7.17. The van der Waals surface area contributed by atoms with E-state index in [1.165, 1.54) is 26.9 Å². The molecule has 0 saturated heterocycles. The van der Waals surface area contributed by atoms with Crippen LogP contribution in [0.15, 0.2) is 45.3 Å². The number of amides is 1. The van der Waals surface area contributed by atoms with Crippen LogP contribution in [-0.4, -0.2) is 39.6 Å². The van der Waals surface area contributed by atoms with Crippen molar-refractivity contribution >= 4 is 27.5 Å². The summed E-state index contributed by atoms with van der Waals surface area (Å²) in [4.78, 5) is 41.3. The summed E-state index contributed by atoms with van der Waals surface area (Å²) in [5, 5.41) is 1.79. The number of fused-ring (bicyclic) bond motifs is 1. The van der Waals surface area contributed by atoms with Crippen LogP contribution >= 0.6 is 11.3 Å². The molecule has 1 aromatic carbocycles. The summed E-state index contributed by atoms with van der Waals surface area (Å²) < 4.78 is 8.69. The number of benzene rings is 1. The van der Waals surface area contributed by atoms with Crippen molar-refractivity contribution in [2.75, 3.05) is 13.7 Å². The van der Waals surface area contributed by atoms with Gasteiger partial charge >= 0.3 is 5.69 Å². The number of ether oxygens (including phenoxy) is 1. The Morgan fingerprint density at radius 1 is 1.16 bits per heavy atom. The number of carbonyl (C=O) groups is 1. The largest absolute Gasteiger partial charge is 0.494 e. The zero-order valence-corrected chi connectivity index (χ0v) is 19.4. The van der Waals surface area contributed by atoms with Gasteiger partial charge in [-0.1, -0.05) is 31.4 Å². The fraction of sp³-hybridized carbons (Fsp3) is 0.458. The number of hydrogen-bond acceptors (Lipinski definition) is 5. The van der Waals surface area contributed by atoms with Crippen LogP contribution in [0.3, 0.4) is 0 Å². The molecule has 1 fully saturated rings. The van der Waals surface area contributed by atoms with Crippen LogP contribution in [0.25, 0.3) is 10.2 Å². The van der Waals surface area contributed by atoms with E-state index in [0.29, 0.717) is 22.6 Å². The van der Waals surface area contributed by atoms with Gasteiger partial charge in [-0.3, -0.25) is 18.7 Å². The Bertz CT molecular complexity index is 1220. The molecular formula is C24H29N3O4S. The number of rotatable bonds is 7. The Balaban J connectivity index is 1.68. The SMILES string of the molecule is CCOc1cccc(Cn2c(=O)c3sccc3n(CC(=O)N(C)C3CCCCC3)c2=O)c1. The maximum absolute atomic E-state index is 13.4. The summed E-state index contributed by atoms with van der Waals surface area (Å²) in [6.45, 7) is 2.49. The van der Waals surface area contributed by atoms with Gasteiger partial charge in [0, 0.05) is 13.1 Å². The van der Waals surface area contributed by atoms with E-state index in [9.17, 15) is 14.4 Å². The van der Waals surface area contributed by atoms with Gasteiger partial charge in [0.1, 0.15) is 17.0 Å². The molecule has 2 aromatic heterocycles. The number of nitrogens with zero attached hydrogens (tertiary/aromatic N) is 3. The van der Waals surface area contributed by atoms with Crippen molar-refractivity contribution in [1.29, 1.82) is 0 Å². The van der Waals surface area contributed by atoms with E-state index < -0.39 is 5.69 Å². The third-order valence-electron chi connectivity index (χ3n) is 6.20.